The minimum Gasteiger partial charge on any atom is -0.449 e. The summed E-state index contributed by atoms with van der Waals surface area (Å²) in [7, 11) is 0. The number of nitrogens with one attached hydrogen (secondary N) is 1. The average molecular weight is 360 g/mol. The van der Waals surface area contributed by atoms with Gasteiger partial charge in [-0.05, 0) is 50.0 Å². The Morgan fingerprint density at radius 2 is 1.77 bits per heavy atom. The van der Waals surface area contributed by atoms with Crippen LogP contribution in [0.2, 0.25) is 0 Å². The molecule has 140 valence electrons. The van der Waals surface area contributed by atoms with E-state index in [2.05, 4.69) is 5.43 Å². The van der Waals surface area contributed by atoms with Crippen LogP contribution in [0.3, 0.4) is 0 Å². The quantitative estimate of drug-likeness (QED) is 0.832. The maximum Gasteiger partial charge on any atom is 0.430 e. The van der Waals surface area contributed by atoms with Gasteiger partial charge in [0.2, 0.25) is 0 Å². The van der Waals surface area contributed by atoms with Crippen molar-refractivity contribution in [3.8, 4) is 0 Å². The topological polar surface area (TPSA) is 84.9 Å². The number of benzene rings is 1. The number of fused-ring (bicyclic) bond motifs is 1. The molecule has 0 spiro atoms. The first-order chi connectivity index (χ1) is 12.4. The fourth-order valence-electron chi connectivity index (χ4n) is 3.02. The highest BCUT2D eigenvalue weighted by atomic mass is 16.6. The van der Waals surface area contributed by atoms with Crippen LogP contribution in [0.4, 0.5) is 9.59 Å². The number of nitrogens with zero attached hydrogens (tertiary/aromatic N) is 1. The second-order valence-electron chi connectivity index (χ2n) is 5.88. The van der Waals surface area contributed by atoms with Gasteiger partial charge in [0.1, 0.15) is 0 Å². The lowest BCUT2D eigenvalue weighted by Crippen LogP contribution is -2.61. The van der Waals surface area contributed by atoms with Gasteiger partial charge in [-0.25, -0.2) is 15.0 Å². The van der Waals surface area contributed by atoms with Crippen molar-refractivity contribution < 1.29 is 23.9 Å². The Balaban J connectivity index is 2.59. The normalized spacial score (nSPS) is 18.5. The Morgan fingerprint density at radius 3 is 2.38 bits per heavy atom. The maximum absolute atomic E-state index is 13.2. The molecule has 1 aromatic rings. The van der Waals surface area contributed by atoms with Crippen LogP contribution in [0.1, 0.15) is 45.2 Å². The summed E-state index contributed by atoms with van der Waals surface area (Å²) in [5, 5.41) is 0.929. The van der Waals surface area contributed by atoms with E-state index >= 15 is 0 Å². The van der Waals surface area contributed by atoms with Gasteiger partial charge in [-0.15, -0.1) is 0 Å². The van der Waals surface area contributed by atoms with E-state index in [1.807, 2.05) is 25.1 Å². The van der Waals surface area contributed by atoms with E-state index in [0.29, 0.717) is 17.6 Å². The standard InChI is InChI=1S/C19H24N2O5/c1-5-13-12-14-10-8-9-11-15(14)19(4,16(13)22)21(18(24)26-7-3)20-17(23)25-6-2/h8-12H,5-7H2,1-4H3,(H,20,23). The van der Waals surface area contributed by atoms with Crippen molar-refractivity contribution in [3.63, 3.8) is 0 Å². The van der Waals surface area contributed by atoms with Gasteiger partial charge in [-0.2, -0.15) is 5.01 Å². The Bertz CT molecular complexity index is 743. The summed E-state index contributed by atoms with van der Waals surface area (Å²) >= 11 is 0. The van der Waals surface area contributed by atoms with Crippen LogP contribution >= 0.6 is 0 Å². The SMILES string of the molecule is CCOC(=O)NN(C(=O)OCC)C1(C)C(=O)C(CC)=Cc2ccccc21. The number of hydrogen-bond acceptors (Lipinski definition) is 5. The van der Waals surface area contributed by atoms with Gasteiger partial charge in [0, 0.05) is 0 Å². The molecule has 0 aliphatic heterocycles. The zero-order valence-corrected chi connectivity index (χ0v) is 15.5. The van der Waals surface area contributed by atoms with Crippen molar-refractivity contribution >= 4 is 24.0 Å². The zero-order chi connectivity index (χ0) is 19.3. The molecular weight excluding hydrogens is 336 g/mol. The molecule has 1 aromatic carbocycles. The van der Waals surface area contributed by atoms with E-state index in [9.17, 15) is 14.4 Å². The van der Waals surface area contributed by atoms with Crippen molar-refractivity contribution in [1.82, 2.24) is 10.4 Å². The number of rotatable bonds is 4. The summed E-state index contributed by atoms with van der Waals surface area (Å²) in [6.07, 6.45) is 0.648. The molecule has 0 fully saturated rings. The van der Waals surface area contributed by atoms with E-state index in [4.69, 9.17) is 9.47 Å². The van der Waals surface area contributed by atoms with Crippen LogP contribution in [-0.4, -0.2) is 36.2 Å². The Morgan fingerprint density at radius 1 is 1.12 bits per heavy atom. The highest BCUT2D eigenvalue weighted by Gasteiger charge is 2.49. The number of carbonyl (C=O) groups is 3. The first-order valence-electron chi connectivity index (χ1n) is 8.65. The molecule has 2 amide bonds. The molecule has 1 aliphatic rings. The van der Waals surface area contributed by atoms with Crippen molar-refractivity contribution in [2.24, 2.45) is 0 Å². The first-order valence-corrected chi connectivity index (χ1v) is 8.65. The minimum atomic E-state index is -1.45. The summed E-state index contributed by atoms with van der Waals surface area (Å²) in [5.74, 6) is -0.274. The largest absolute Gasteiger partial charge is 0.449 e. The van der Waals surface area contributed by atoms with E-state index in [-0.39, 0.29) is 19.0 Å². The van der Waals surface area contributed by atoms with Gasteiger partial charge in [0.05, 0.1) is 13.2 Å². The lowest BCUT2D eigenvalue weighted by molar-refractivity contribution is -0.128. The van der Waals surface area contributed by atoms with Gasteiger partial charge in [-0.3, -0.25) is 4.79 Å². The number of Topliss-reactive ketones (excluding diaryl/α,β-unsaturated/α-hetero) is 1. The van der Waals surface area contributed by atoms with Crippen molar-refractivity contribution in [2.75, 3.05) is 13.2 Å². The van der Waals surface area contributed by atoms with Crippen molar-refractivity contribution in [1.29, 1.82) is 0 Å². The molecule has 1 N–H and O–H groups in total. The lowest BCUT2D eigenvalue weighted by atomic mass is 9.76. The van der Waals surface area contributed by atoms with Gasteiger partial charge >= 0.3 is 12.2 Å². The number of ketones is 1. The summed E-state index contributed by atoms with van der Waals surface area (Å²) in [4.78, 5) is 37.8. The Kier molecular flexibility index (Phi) is 6.02. The van der Waals surface area contributed by atoms with E-state index < -0.39 is 17.7 Å². The first kappa shape index (κ1) is 19.5. The van der Waals surface area contributed by atoms with Crippen LogP contribution < -0.4 is 5.43 Å². The number of ether oxygens (including phenoxy) is 2. The zero-order valence-electron chi connectivity index (χ0n) is 15.5. The molecule has 1 atom stereocenters. The maximum atomic E-state index is 13.2. The molecule has 0 saturated carbocycles. The fourth-order valence-corrected chi connectivity index (χ4v) is 3.02. The van der Waals surface area contributed by atoms with E-state index in [1.54, 1.807) is 32.9 Å². The van der Waals surface area contributed by atoms with Gasteiger partial charge < -0.3 is 9.47 Å². The van der Waals surface area contributed by atoms with E-state index in [0.717, 1.165) is 10.6 Å². The average Bonchev–Trinajstić information content (AvgIpc) is 2.63. The van der Waals surface area contributed by atoms with Crippen molar-refractivity contribution in [3.05, 3.63) is 41.0 Å². The van der Waals surface area contributed by atoms with Crippen LogP contribution in [-0.2, 0) is 19.8 Å². The van der Waals surface area contributed by atoms with Gasteiger partial charge in [0.15, 0.2) is 11.3 Å². The smallest absolute Gasteiger partial charge is 0.430 e. The summed E-state index contributed by atoms with van der Waals surface area (Å²) in [6, 6.07) is 7.26. The molecule has 26 heavy (non-hydrogen) atoms. The number of hydrazine groups is 1. The van der Waals surface area contributed by atoms with Crippen LogP contribution in [0.25, 0.3) is 6.08 Å². The second kappa shape index (κ2) is 8.03. The molecule has 0 saturated heterocycles. The molecule has 0 heterocycles. The van der Waals surface area contributed by atoms with Crippen LogP contribution in [0, 0.1) is 0 Å². The summed E-state index contributed by atoms with van der Waals surface area (Å²) in [6.45, 7) is 6.99. The Labute approximate surface area is 152 Å². The molecule has 0 radical (unpaired) electrons. The summed E-state index contributed by atoms with van der Waals surface area (Å²) in [5.41, 5.74) is 2.91. The number of hydrogen-bond donors (Lipinski definition) is 1. The lowest BCUT2D eigenvalue weighted by Gasteiger charge is -2.41. The molecule has 1 aliphatic carbocycles. The molecule has 0 bridgehead atoms. The predicted molar refractivity (Wildman–Crippen MR) is 96.1 cm³/mol. The molecule has 2 rings (SSSR count). The van der Waals surface area contributed by atoms with Gasteiger partial charge in [0.25, 0.3) is 0 Å². The highest BCUT2D eigenvalue weighted by molar-refractivity contribution is 6.10. The third-order valence-corrected chi connectivity index (χ3v) is 4.31. The van der Waals surface area contributed by atoms with Crippen LogP contribution in [0.15, 0.2) is 29.8 Å². The van der Waals surface area contributed by atoms with Crippen LogP contribution in [0.5, 0.6) is 0 Å². The number of carbonyl (C=O) groups excluding carboxylic acids is 3. The van der Waals surface area contributed by atoms with Crippen molar-refractivity contribution in [2.45, 2.75) is 39.7 Å². The third kappa shape index (κ3) is 3.42. The third-order valence-electron chi connectivity index (χ3n) is 4.31. The fraction of sp³-hybridized carbons (Fsp3) is 0.421. The molecule has 7 nitrogen and oxygen atoms in total. The Hall–Kier alpha value is -2.83. The van der Waals surface area contributed by atoms with E-state index in [1.165, 1.54) is 0 Å². The molecule has 1 unspecified atom stereocenters. The number of amides is 2. The van der Waals surface area contributed by atoms with Gasteiger partial charge in [-0.1, -0.05) is 31.2 Å². The molecule has 7 heteroatoms. The molecular formula is C19H24N2O5. The molecule has 0 aromatic heterocycles. The predicted octanol–water partition coefficient (Wildman–Crippen LogP) is 3.40. The minimum absolute atomic E-state index is 0.0994. The monoisotopic (exact) mass is 360 g/mol. The highest BCUT2D eigenvalue weighted by Crippen LogP contribution is 2.39. The summed E-state index contributed by atoms with van der Waals surface area (Å²) < 4.78 is 9.97. The second-order valence-corrected chi connectivity index (χ2v) is 5.88.